The monoisotopic (exact) mass is 494 g/mol. The van der Waals surface area contributed by atoms with Crippen molar-refractivity contribution in [3.63, 3.8) is 0 Å². The van der Waals surface area contributed by atoms with E-state index in [2.05, 4.69) is 57.5 Å². The largest absolute Gasteiger partial charge is 0.410 e. The number of hydrogen-bond donors (Lipinski definition) is 0. The summed E-state index contributed by atoms with van der Waals surface area (Å²) in [6, 6.07) is 0. The number of ether oxygens (including phenoxy) is 3. The summed E-state index contributed by atoms with van der Waals surface area (Å²) in [7, 11) is -5.86. The molecule has 0 aromatic heterocycles. The second-order valence-corrected chi connectivity index (χ2v) is 17.7. The Balaban J connectivity index is 1.71. The van der Waals surface area contributed by atoms with Crippen LogP contribution in [0.4, 0.5) is 0 Å². The molecule has 0 N–H and O–H groups in total. The Hall–Kier alpha value is -1.17. The molecule has 33 heavy (non-hydrogen) atoms. The molecule has 2 saturated heterocycles. The van der Waals surface area contributed by atoms with E-state index in [4.69, 9.17) is 22.8 Å². The highest BCUT2D eigenvalue weighted by Crippen LogP contribution is 2.52. The quantitative estimate of drug-likeness (QED) is 0.251. The average Bonchev–Trinajstić information content (AvgIpc) is 2.98. The summed E-state index contributed by atoms with van der Waals surface area (Å²) in [5.41, 5.74) is -1.31. The van der Waals surface area contributed by atoms with Crippen molar-refractivity contribution in [3.8, 4) is 23.7 Å². The number of hydrogen-bond acceptors (Lipinski definition) is 7. The van der Waals surface area contributed by atoms with E-state index in [1.54, 1.807) is 13.8 Å². The SMILES string of the molecule is CC1(C)OCC([C@]2(OS(C)(=O)=O)C#CC3=C[C@@H](O[Si](C)(C)C(C)(C)C)C[C@@]34O[C@H]4C#CC2)O1. The van der Waals surface area contributed by atoms with Gasteiger partial charge in [-0.1, -0.05) is 44.5 Å². The van der Waals surface area contributed by atoms with Crippen LogP contribution in [0.1, 0.15) is 47.5 Å². The second kappa shape index (κ2) is 7.66. The maximum absolute atomic E-state index is 12.2. The molecule has 2 aliphatic heterocycles. The zero-order chi connectivity index (χ0) is 24.5. The molecule has 7 nitrogen and oxygen atoms in total. The first-order valence-corrected chi connectivity index (χ1v) is 16.0. The molecule has 2 aliphatic carbocycles. The smallest absolute Gasteiger partial charge is 0.265 e. The van der Waals surface area contributed by atoms with Gasteiger partial charge < -0.3 is 18.6 Å². The molecule has 0 amide bonds. The number of rotatable bonds is 5. The van der Waals surface area contributed by atoms with Crippen LogP contribution in [-0.2, 0) is 32.9 Å². The van der Waals surface area contributed by atoms with Crippen molar-refractivity contribution in [2.75, 3.05) is 12.9 Å². The lowest BCUT2D eigenvalue weighted by atomic mass is 9.93. The highest BCUT2D eigenvalue weighted by atomic mass is 32.2. The van der Waals surface area contributed by atoms with Crippen molar-refractivity contribution in [3.05, 3.63) is 11.6 Å². The van der Waals surface area contributed by atoms with Gasteiger partial charge in [-0.05, 0) is 38.1 Å². The molecule has 0 radical (unpaired) electrons. The average molecular weight is 495 g/mol. The Morgan fingerprint density at radius 2 is 1.91 bits per heavy atom. The van der Waals surface area contributed by atoms with Crippen LogP contribution in [0.25, 0.3) is 0 Å². The van der Waals surface area contributed by atoms with Crippen molar-refractivity contribution in [2.45, 2.75) is 101 Å². The first-order chi connectivity index (χ1) is 15.0. The molecular weight excluding hydrogens is 460 g/mol. The van der Waals surface area contributed by atoms with Crippen LogP contribution in [0.5, 0.6) is 0 Å². The van der Waals surface area contributed by atoms with Crippen molar-refractivity contribution < 1.29 is 31.2 Å². The lowest BCUT2D eigenvalue weighted by Crippen LogP contribution is -2.47. The summed E-state index contributed by atoms with van der Waals surface area (Å²) >= 11 is 0. The molecule has 1 unspecified atom stereocenters. The van der Waals surface area contributed by atoms with Gasteiger partial charge in [0.2, 0.25) is 0 Å². The van der Waals surface area contributed by atoms with Gasteiger partial charge in [0.05, 0.1) is 25.4 Å². The van der Waals surface area contributed by atoms with Gasteiger partial charge in [-0.15, -0.1) is 0 Å². The van der Waals surface area contributed by atoms with Crippen LogP contribution in [0.3, 0.4) is 0 Å². The second-order valence-electron chi connectivity index (χ2n) is 11.3. The van der Waals surface area contributed by atoms with E-state index in [0.717, 1.165) is 11.8 Å². The van der Waals surface area contributed by atoms with Crippen molar-refractivity contribution in [1.82, 2.24) is 0 Å². The van der Waals surface area contributed by atoms with Crippen LogP contribution in [-0.4, -0.2) is 64.9 Å². The number of epoxide rings is 1. The summed E-state index contributed by atoms with van der Waals surface area (Å²) in [5.74, 6) is 11.6. The third kappa shape index (κ3) is 4.83. The third-order valence-corrected chi connectivity index (χ3v) is 12.2. The molecule has 2 fully saturated rings. The van der Waals surface area contributed by atoms with Gasteiger partial charge in [0, 0.05) is 12.0 Å². The van der Waals surface area contributed by atoms with Gasteiger partial charge in [-0.2, -0.15) is 8.42 Å². The lowest BCUT2D eigenvalue weighted by Gasteiger charge is -2.38. The minimum Gasteiger partial charge on any atom is -0.410 e. The molecule has 182 valence electrons. The molecule has 1 spiro atoms. The Labute approximate surface area is 198 Å². The lowest BCUT2D eigenvalue weighted by molar-refractivity contribution is -0.155. The van der Waals surface area contributed by atoms with Crippen LogP contribution in [0, 0.1) is 23.7 Å². The van der Waals surface area contributed by atoms with E-state index in [1.165, 1.54) is 0 Å². The standard InChI is InChI=1S/C24H34O7SSi/c1-21(2,3)33(7,8)30-18-14-17-11-13-23(31-32(6,25)26,20-16-27-22(4,5)28-20)12-9-10-19-24(17,15-18)29-19/h14,18-20H,12,15-16H2,1-8H3/t18-,19+,20?,23-,24-/m1/s1. The van der Waals surface area contributed by atoms with Gasteiger partial charge in [0.15, 0.2) is 25.8 Å². The van der Waals surface area contributed by atoms with Crippen molar-refractivity contribution >= 4 is 18.4 Å². The molecule has 9 heteroatoms. The zero-order valence-electron chi connectivity index (χ0n) is 20.7. The predicted molar refractivity (Wildman–Crippen MR) is 126 cm³/mol. The topological polar surface area (TPSA) is 83.6 Å². The molecule has 0 saturated carbocycles. The molecule has 4 rings (SSSR count). The molecule has 4 aliphatic rings. The highest BCUT2D eigenvalue weighted by Gasteiger charge is 2.63. The van der Waals surface area contributed by atoms with Gasteiger partial charge >= 0.3 is 0 Å². The van der Waals surface area contributed by atoms with Gasteiger partial charge in [0.1, 0.15) is 11.7 Å². The molecule has 2 heterocycles. The molecule has 0 aromatic carbocycles. The minimum atomic E-state index is -3.85. The van der Waals surface area contributed by atoms with Crippen LogP contribution in [0.2, 0.25) is 18.1 Å². The van der Waals surface area contributed by atoms with Crippen LogP contribution in [0.15, 0.2) is 11.6 Å². The van der Waals surface area contributed by atoms with Gasteiger partial charge in [-0.25, -0.2) is 4.18 Å². The summed E-state index contributed by atoms with van der Waals surface area (Å²) < 4.78 is 54.4. The van der Waals surface area contributed by atoms with Crippen LogP contribution >= 0.6 is 0 Å². The maximum atomic E-state index is 12.2. The maximum Gasteiger partial charge on any atom is 0.265 e. The Kier molecular flexibility index (Phi) is 5.79. The normalized spacial score (nSPS) is 37.2. The van der Waals surface area contributed by atoms with E-state index < -0.39 is 41.5 Å². The molecule has 0 bridgehead atoms. The first kappa shape index (κ1) is 24.9. The summed E-state index contributed by atoms with van der Waals surface area (Å²) in [5, 5.41) is 0.0720. The van der Waals surface area contributed by atoms with E-state index in [9.17, 15) is 8.42 Å². The molecular formula is C24H34O7SSi. The Bertz CT molecular complexity index is 1100. The summed E-state index contributed by atoms with van der Waals surface area (Å²) in [6.07, 6.45) is 2.60. The Morgan fingerprint density at radius 3 is 2.48 bits per heavy atom. The first-order valence-electron chi connectivity index (χ1n) is 11.3. The van der Waals surface area contributed by atoms with E-state index in [0.29, 0.717) is 6.42 Å². The van der Waals surface area contributed by atoms with Crippen LogP contribution < -0.4 is 0 Å². The molecule has 5 atom stereocenters. The zero-order valence-corrected chi connectivity index (χ0v) is 22.5. The molecule has 0 aromatic rings. The van der Waals surface area contributed by atoms with Crippen molar-refractivity contribution in [2.24, 2.45) is 0 Å². The predicted octanol–water partition coefficient (Wildman–Crippen LogP) is 3.12. The summed E-state index contributed by atoms with van der Waals surface area (Å²) in [4.78, 5) is 0. The fraction of sp³-hybridized carbons (Fsp3) is 0.750. The fourth-order valence-electron chi connectivity index (χ4n) is 4.23. The fourth-order valence-corrected chi connectivity index (χ4v) is 6.24. The summed E-state index contributed by atoms with van der Waals surface area (Å²) in [6.45, 7) is 14.8. The Morgan fingerprint density at radius 1 is 1.21 bits per heavy atom. The van der Waals surface area contributed by atoms with Gasteiger partial charge in [-0.3, -0.25) is 0 Å². The highest BCUT2D eigenvalue weighted by molar-refractivity contribution is 7.86. The van der Waals surface area contributed by atoms with E-state index in [1.807, 2.05) is 6.08 Å². The third-order valence-electron chi connectivity index (χ3n) is 7.08. The van der Waals surface area contributed by atoms with Gasteiger partial charge in [0.25, 0.3) is 10.1 Å². The minimum absolute atomic E-state index is 0.0598. The van der Waals surface area contributed by atoms with Crippen molar-refractivity contribution in [1.29, 1.82) is 0 Å². The van der Waals surface area contributed by atoms with E-state index in [-0.39, 0.29) is 30.3 Å². The van der Waals surface area contributed by atoms with E-state index >= 15 is 0 Å².